The van der Waals surface area contributed by atoms with Crippen molar-refractivity contribution in [3.63, 3.8) is 0 Å². The summed E-state index contributed by atoms with van der Waals surface area (Å²) >= 11 is 0. The van der Waals surface area contributed by atoms with E-state index >= 15 is 0 Å². The Kier molecular flexibility index (Phi) is 9.77. The lowest BCUT2D eigenvalue weighted by Crippen LogP contribution is -2.54. The average Bonchev–Trinajstić information content (AvgIpc) is 2.94. The van der Waals surface area contributed by atoms with Crippen LogP contribution in [0, 0.1) is 0 Å². The minimum Gasteiger partial charge on any atom is -0.388 e. The van der Waals surface area contributed by atoms with E-state index in [1.54, 1.807) is 0 Å². The molecule has 3 rings (SSSR count). The van der Waals surface area contributed by atoms with E-state index in [1.807, 2.05) is 10.6 Å². The molecule has 47 heavy (non-hydrogen) atoms. The fourth-order valence-corrected chi connectivity index (χ4v) is 4.57. The molecule has 0 aliphatic rings. The van der Waals surface area contributed by atoms with E-state index < -0.39 is 87.6 Å². The Bertz CT molecular complexity index is 1630. The monoisotopic (exact) mass is 690 g/mol. The molecule has 3 aromatic carbocycles. The molecule has 0 fully saturated rings. The second kappa shape index (κ2) is 12.4. The van der Waals surface area contributed by atoms with Gasteiger partial charge in [0.05, 0.1) is 0 Å². The van der Waals surface area contributed by atoms with Gasteiger partial charge in [-0.05, 0) is 60.9 Å². The summed E-state index contributed by atoms with van der Waals surface area (Å²) in [7, 11) is 0.927. The molecular weight excluding hydrogens is 668 g/mol. The van der Waals surface area contributed by atoms with E-state index in [1.165, 1.54) is 12.1 Å². The van der Waals surface area contributed by atoms with Gasteiger partial charge in [-0.25, -0.2) is 0 Å². The molecule has 0 atom stereocenters. The smallest absolute Gasteiger partial charge is 0.388 e. The van der Waals surface area contributed by atoms with Gasteiger partial charge in [0, 0.05) is 40.7 Å². The number of halogens is 12. The number of anilines is 2. The molecule has 0 aliphatic carbocycles. The van der Waals surface area contributed by atoms with E-state index in [-0.39, 0.29) is 23.3 Å². The van der Waals surface area contributed by atoms with Crippen molar-refractivity contribution >= 4 is 23.1 Å². The van der Waals surface area contributed by atoms with Crippen LogP contribution in [0.25, 0.3) is 0 Å². The van der Waals surface area contributed by atoms with Crippen molar-refractivity contribution in [2.45, 2.75) is 49.3 Å². The lowest BCUT2D eigenvalue weighted by atomic mass is 9.86. The first kappa shape index (κ1) is 37.1. The van der Waals surface area contributed by atoms with Gasteiger partial charge in [-0.1, -0.05) is 24.3 Å². The second-order valence-corrected chi connectivity index (χ2v) is 10.2. The van der Waals surface area contributed by atoms with Gasteiger partial charge >= 0.3 is 24.7 Å². The molecule has 0 saturated heterocycles. The third-order valence-corrected chi connectivity index (χ3v) is 7.05. The highest BCUT2D eigenvalue weighted by Gasteiger charge is 2.73. The highest BCUT2D eigenvalue weighted by molar-refractivity contribution is 6.06. The standard InChI is InChI=1S/C29H22F12N2O4/c1-14(44)17-4-3-5-18(13-17)23(45)43-22-9-7-16(12-20(22)25(47,28(36,37)38)29(39,40)41)10-15-6-8-21(42-2)19(11-15)24(46,26(30,31)32)27(33,34)35/h3-9,11-13,42,46-47H,10H2,1-2H3,(H,43,45). The fourth-order valence-electron chi connectivity index (χ4n) is 4.57. The molecule has 0 spiro atoms. The van der Waals surface area contributed by atoms with Crippen LogP contribution in [0.4, 0.5) is 64.1 Å². The van der Waals surface area contributed by atoms with E-state index in [0.717, 1.165) is 38.2 Å². The first-order chi connectivity index (χ1) is 21.3. The molecule has 0 aromatic heterocycles. The number of rotatable bonds is 8. The number of alkyl halides is 12. The molecular formula is C29H22F12N2O4. The van der Waals surface area contributed by atoms with Crippen LogP contribution in [-0.2, 0) is 17.6 Å². The normalized spacial score (nSPS) is 13.4. The van der Waals surface area contributed by atoms with Crippen LogP contribution in [0.15, 0.2) is 60.7 Å². The topological polar surface area (TPSA) is 98.7 Å². The number of carbonyl (C=O) groups excluding carboxylic acids is 2. The van der Waals surface area contributed by atoms with E-state index in [0.29, 0.717) is 12.1 Å². The van der Waals surface area contributed by atoms with Gasteiger partial charge in [-0.3, -0.25) is 9.59 Å². The predicted molar refractivity (Wildman–Crippen MR) is 142 cm³/mol. The van der Waals surface area contributed by atoms with Crippen LogP contribution in [0.5, 0.6) is 0 Å². The molecule has 1 amide bonds. The van der Waals surface area contributed by atoms with Crippen molar-refractivity contribution in [3.05, 3.63) is 94.0 Å². The van der Waals surface area contributed by atoms with Crippen molar-refractivity contribution in [2.24, 2.45) is 0 Å². The summed E-state index contributed by atoms with van der Waals surface area (Å²) < 4.78 is 165. The lowest BCUT2D eigenvalue weighted by molar-refractivity contribution is -0.376. The molecule has 18 heteroatoms. The Labute approximate surface area is 257 Å². The van der Waals surface area contributed by atoms with Crippen molar-refractivity contribution < 1.29 is 72.5 Å². The summed E-state index contributed by atoms with van der Waals surface area (Å²) in [6.45, 7) is 1.11. The maximum Gasteiger partial charge on any atom is 0.430 e. The Hall–Kier alpha value is -4.32. The van der Waals surface area contributed by atoms with E-state index in [9.17, 15) is 72.5 Å². The molecule has 0 heterocycles. The quantitative estimate of drug-likeness (QED) is 0.146. The number of ketones is 1. The predicted octanol–water partition coefficient (Wildman–Crippen LogP) is 7.40. The maximum absolute atomic E-state index is 13.9. The minimum atomic E-state index is -6.48. The molecule has 6 nitrogen and oxygen atoms in total. The zero-order valence-corrected chi connectivity index (χ0v) is 23.7. The molecule has 0 aliphatic heterocycles. The summed E-state index contributed by atoms with van der Waals surface area (Å²) in [5.41, 5.74) is -18.5. The molecule has 0 bridgehead atoms. The molecule has 3 aromatic rings. The zero-order chi connectivity index (χ0) is 36.0. The molecule has 4 N–H and O–H groups in total. The molecule has 0 saturated carbocycles. The Morgan fingerprint density at radius 2 is 1.02 bits per heavy atom. The summed E-state index contributed by atoms with van der Waals surface area (Å²) in [5, 5.41) is 24.0. The molecule has 0 radical (unpaired) electrons. The number of hydrogen-bond acceptors (Lipinski definition) is 5. The number of Topliss-reactive ketones (excluding diaryl/α,β-unsaturated/α-hetero) is 1. The van der Waals surface area contributed by atoms with Crippen LogP contribution in [0.1, 0.15) is 49.9 Å². The summed E-state index contributed by atoms with van der Waals surface area (Å²) in [6.07, 6.45) is -26.5. The van der Waals surface area contributed by atoms with Crippen LogP contribution >= 0.6 is 0 Å². The number of carbonyl (C=O) groups is 2. The summed E-state index contributed by atoms with van der Waals surface area (Å²) in [5.74, 6) is -1.84. The Morgan fingerprint density at radius 3 is 1.43 bits per heavy atom. The van der Waals surface area contributed by atoms with Crippen LogP contribution in [-0.4, -0.2) is 53.7 Å². The minimum absolute atomic E-state index is 0.0399. The van der Waals surface area contributed by atoms with Crippen LogP contribution in [0.3, 0.4) is 0 Å². The first-order valence-corrected chi connectivity index (χ1v) is 12.9. The number of benzene rings is 3. The second-order valence-electron chi connectivity index (χ2n) is 10.2. The molecule has 0 unspecified atom stereocenters. The van der Waals surface area contributed by atoms with Gasteiger partial charge in [-0.2, -0.15) is 52.7 Å². The van der Waals surface area contributed by atoms with E-state index in [4.69, 9.17) is 0 Å². The largest absolute Gasteiger partial charge is 0.430 e. The van der Waals surface area contributed by atoms with Crippen LogP contribution < -0.4 is 10.6 Å². The van der Waals surface area contributed by atoms with Gasteiger partial charge in [0.25, 0.3) is 17.1 Å². The van der Waals surface area contributed by atoms with Gasteiger partial charge in [0.15, 0.2) is 5.78 Å². The zero-order valence-electron chi connectivity index (χ0n) is 23.7. The van der Waals surface area contributed by atoms with Crippen molar-refractivity contribution in [1.29, 1.82) is 0 Å². The van der Waals surface area contributed by atoms with Crippen molar-refractivity contribution in [3.8, 4) is 0 Å². The number of hydrogen-bond donors (Lipinski definition) is 4. The van der Waals surface area contributed by atoms with Crippen LogP contribution in [0.2, 0.25) is 0 Å². The van der Waals surface area contributed by atoms with Gasteiger partial charge in [0.2, 0.25) is 0 Å². The Balaban J connectivity index is 2.22. The number of amides is 1. The molecule has 256 valence electrons. The number of aliphatic hydroxyl groups is 2. The number of nitrogens with one attached hydrogen (secondary N) is 2. The summed E-state index contributed by atoms with van der Waals surface area (Å²) in [4.78, 5) is 24.5. The van der Waals surface area contributed by atoms with Gasteiger partial charge in [-0.15, -0.1) is 0 Å². The fraction of sp³-hybridized carbons (Fsp3) is 0.310. The third kappa shape index (κ3) is 6.88. The van der Waals surface area contributed by atoms with Crippen molar-refractivity contribution in [1.82, 2.24) is 0 Å². The highest BCUT2D eigenvalue weighted by Crippen LogP contribution is 2.53. The van der Waals surface area contributed by atoms with Gasteiger partial charge in [0.1, 0.15) is 0 Å². The lowest BCUT2D eigenvalue weighted by Gasteiger charge is -2.34. The highest BCUT2D eigenvalue weighted by atomic mass is 19.4. The van der Waals surface area contributed by atoms with E-state index in [2.05, 4.69) is 0 Å². The maximum atomic E-state index is 13.9. The SMILES string of the molecule is CNc1ccc(Cc2ccc(NC(=O)c3cccc(C(C)=O)c3)c(C(O)(C(F)(F)F)C(F)(F)F)c2)cc1C(O)(C(F)(F)F)C(F)(F)F. The Morgan fingerprint density at radius 1 is 0.617 bits per heavy atom. The third-order valence-electron chi connectivity index (χ3n) is 7.05. The van der Waals surface area contributed by atoms with Crippen molar-refractivity contribution in [2.75, 3.05) is 17.7 Å². The first-order valence-electron chi connectivity index (χ1n) is 12.9. The van der Waals surface area contributed by atoms with Gasteiger partial charge < -0.3 is 20.8 Å². The average molecular weight is 690 g/mol. The summed E-state index contributed by atoms with van der Waals surface area (Å²) in [6, 6.07) is 7.71.